The van der Waals surface area contributed by atoms with Crippen molar-refractivity contribution in [3.63, 3.8) is 0 Å². The molecule has 0 amide bonds. The number of ether oxygens (including phenoxy) is 1. The van der Waals surface area contributed by atoms with E-state index in [2.05, 4.69) is 15.3 Å². The third-order valence-electron chi connectivity index (χ3n) is 6.15. The first kappa shape index (κ1) is 20.0. The highest BCUT2D eigenvalue weighted by molar-refractivity contribution is 5.91. The molecule has 5 rings (SSSR count). The fourth-order valence-electron chi connectivity index (χ4n) is 4.73. The van der Waals surface area contributed by atoms with Gasteiger partial charge in [-0.15, -0.1) is 0 Å². The Bertz CT molecular complexity index is 1180. The Hall–Kier alpha value is -2.94. The molecule has 0 saturated heterocycles. The molecule has 1 aliphatic carbocycles. The fraction of sp³-hybridized carbons (Fsp3) is 0.364. The van der Waals surface area contributed by atoms with Crippen molar-refractivity contribution in [1.82, 2.24) is 9.97 Å². The molecule has 3 atom stereocenters. The van der Waals surface area contributed by atoms with Gasteiger partial charge in [-0.25, -0.2) is 14.4 Å². The Morgan fingerprint density at radius 1 is 1.26 bits per heavy atom. The van der Waals surface area contributed by atoms with Crippen molar-refractivity contribution < 1.29 is 27.4 Å². The first-order valence-corrected chi connectivity index (χ1v) is 9.91. The van der Waals surface area contributed by atoms with Gasteiger partial charge in [-0.2, -0.15) is 13.2 Å². The number of aryl methyl sites for hydroxylation is 1. The average molecular weight is 433 g/mol. The molecule has 2 N–H and O–H groups in total. The van der Waals surface area contributed by atoms with Gasteiger partial charge in [0.05, 0.1) is 18.2 Å². The number of rotatable bonds is 2. The Labute approximate surface area is 175 Å². The van der Waals surface area contributed by atoms with Crippen LogP contribution in [-0.4, -0.2) is 33.5 Å². The van der Waals surface area contributed by atoms with Crippen LogP contribution in [0.2, 0.25) is 0 Å². The van der Waals surface area contributed by atoms with Crippen LogP contribution in [0.4, 0.5) is 23.2 Å². The number of fused-ring (bicyclic) bond motifs is 1. The van der Waals surface area contributed by atoms with Crippen LogP contribution in [0.5, 0.6) is 5.75 Å². The quantitative estimate of drug-likeness (QED) is 0.569. The third-order valence-corrected chi connectivity index (χ3v) is 6.15. The molecular formula is C22H19F4N3O2. The number of aromatic nitrogens is 2. The summed E-state index contributed by atoms with van der Waals surface area (Å²) in [5.41, 5.74) is -1.76. The molecule has 0 radical (unpaired) electrons. The highest BCUT2D eigenvalue weighted by atomic mass is 19.4. The van der Waals surface area contributed by atoms with Crippen LogP contribution in [0.15, 0.2) is 36.5 Å². The first-order chi connectivity index (χ1) is 14.7. The largest absolute Gasteiger partial charge is 0.493 e. The summed E-state index contributed by atoms with van der Waals surface area (Å²) in [6, 6.07) is 5.59. The highest BCUT2D eigenvalue weighted by Gasteiger charge is 2.62. The van der Waals surface area contributed by atoms with Crippen molar-refractivity contribution in [3.8, 4) is 5.75 Å². The van der Waals surface area contributed by atoms with E-state index in [1.165, 1.54) is 12.3 Å². The molecular weight excluding hydrogens is 414 g/mol. The van der Waals surface area contributed by atoms with Gasteiger partial charge in [0.25, 0.3) is 0 Å². The predicted molar refractivity (Wildman–Crippen MR) is 106 cm³/mol. The summed E-state index contributed by atoms with van der Waals surface area (Å²) in [6.07, 6.45) is -3.61. The van der Waals surface area contributed by atoms with Gasteiger partial charge < -0.3 is 15.2 Å². The molecule has 2 aromatic carbocycles. The molecule has 3 unspecified atom stereocenters. The molecule has 31 heavy (non-hydrogen) atoms. The van der Waals surface area contributed by atoms with E-state index in [1.54, 1.807) is 25.1 Å². The lowest BCUT2D eigenvalue weighted by Gasteiger charge is -2.47. The Kier molecular flexibility index (Phi) is 4.37. The van der Waals surface area contributed by atoms with Crippen LogP contribution in [0.25, 0.3) is 10.9 Å². The maximum Gasteiger partial charge on any atom is 0.419 e. The van der Waals surface area contributed by atoms with Crippen molar-refractivity contribution in [2.75, 3.05) is 11.9 Å². The summed E-state index contributed by atoms with van der Waals surface area (Å²) in [5, 5.41) is 14.2. The number of halogens is 4. The van der Waals surface area contributed by atoms with Crippen LogP contribution >= 0.6 is 0 Å². The fourth-order valence-corrected chi connectivity index (χ4v) is 4.73. The molecule has 9 heteroatoms. The van der Waals surface area contributed by atoms with E-state index in [-0.39, 0.29) is 11.2 Å². The number of aliphatic hydroxyl groups is 1. The number of anilines is 1. The van der Waals surface area contributed by atoms with Gasteiger partial charge in [-0.1, -0.05) is 12.1 Å². The second kappa shape index (κ2) is 6.78. The summed E-state index contributed by atoms with van der Waals surface area (Å²) in [5.74, 6) is -0.214. The van der Waals surface area contributed by atoms with Crippen molar-refractivity contribution in [2.24, 2.45) is 0 Å². The molecule has 3 aromatic rings. The zero-order valence-corrected chi connectivity index (χ0v) is 16.5. The van der Waals surface area contributed by atoms with E-state index in [0.717, 1.165) is 6.07 Å². The normalized spacial score (nSPS) is 25.1. The van der Waals surface area contributed by atoms with Crippen molar-refractivity contribution >= 4 is 16.6 Å². The molecule has 0 bridgehead atoms. The monoisotopic (exact) mass is 433 g/mol. The standard InChI is InChI=1S/C22H19F4N3O2/c1-11-27-10-15-16(28-11)7-13(23)8-17(15)29-20-14-3-2-4-18-19(14)12(5-6-31-18)9-21(20,30)22(24,25)26/h2-4,7-8,10,12,20,29-30H,5-6,9H2,1H3. The Morgan fingerprint density at radius 3 is 2.84 bits per heavy atom. The molecule has 5 nitrogen and oxygen atoms in total. The molecule has 1 aliphatic heterocycles. The summed E-state index contributed by atoms with van der Waals surface area (Å²) < 4.78 is 62.6. The van der Waals surface area contributed by atoms with Crippen molar-refractivity contribution in [2.45, 2.75) is 43.5 Å². The number of hydrogen-bond donors (Lipinski definition) is 2. The lowest BCUT2D eigenvalue weighted by Crippen LogP contribution is -2.56. The van der Waals surface area contributed by atoms with Gasteiger partial charge in [0.15, 0.2) is 5.60 Å². The summed E-state index contributed by atoms with van der Waals surface area (Å²) >= 11 is 0. The minimum Gasteiger partial charge on any atom is -0.493 e. The second-order valence-corrected chi connectivity index (χ2v) is 8.10. The molecule has 0 spiro atoms. The van der Waals surface area contributed by atoms with Crippen LogP contribution in [-0.2, 0) is 0 Å². The van der Waals surface area contributed by atoms with Crippen molar-refractivity contribution in [3.05, 3.63) is 59.3 Å². The zero-order valence-electron chi connectivity index (χ0n) is 16.5. The zero-order chi connectivity index (χ0) is 22.0. The smallest absolute Gasteiger partial charge is 0.419 e. The van der Waals surface area contributed by atoms with Gasteiger partial charge in [0.2, 0.25) is 0 Å². The minimum absolute atomic E-state index is 0.0791. The molecule has 0 fully saturated rings. The van der Waals surface area contributed by atoms with E-state index in [1.807, 2.05) is 0 Å². The summed E-state index contributed by atoms with van der Waals surface area (Å²) in [4.78, 5) is 8.26. The maximum absolute atomic E-state index is 14.3. The Balaban J connectivity index is 1.70. The van der Waals surface area contributed by atoms with Crippen LogP contribution in [0.3, 0.4) is 0 Å². The van der Waals surface area contributed by atoms with Gasteiger partial charge in [0, 0.05) is 28.9 Å². The number of alkyl halides is 3. The van der Waals surface area contributed by atoms with Crippen LogP contribution < -0.4 is 10.1 Å². The highest BCUT2D eigenvalue weighted by Crippen LogP contribution is 2.56. The maximum atomic E-state index is 14.3. The summed E-state index contributed by atoms with van der Waals surface area (Å²) in [6.45, 7) is 1.93. The SMILES string of the molecule is Cc1ncc2c(NC3c4cccc5c4C(CCO5)CC3(O)C(F)(F)F)cc(F)cc2n1. The number of nitrogens with zero attached hydrogens (tertiary/aromatic N) is 2. The molecule has 2 aliphatic rings. The van der Waals surface area contributed by atoms with Gasteiger partial charge in [-0.05, 0) is 43.4 Å². The van der Waals surface area contributed by atoms with E-state index in [4.69, 9.17) is 4.74 Å². The van der Waals surface area contributed by atoms with Gasteiger partial charge >= 0.3 is 6.18 Å². The Morgan fingerprint density at radius 2 is 2.06 bits per heavy atom. The third kappa shape index (κ3) is 3.10. The lowest BCUT2D eigenvalue weighted by atomic mass is 9.68. The van der Waals surface area contributed by atoms with Crippen LogP contribution in [0, 0.1) is 12.7 Å². The van der Waals surface area contributed by atoms with E-state index in [9.17, 15) is 22.7 Å². The lowest BCUT2D eigenvalue weighted by molar-refractivity contribution is -0.273. The van der Waals surface area contributed by atoms with E-state index >= 15 is 0 Å². The van der Waals surface area contributed by atoms with Crippen LogP contribution in [0.1, 0.15) is 41.8 Å². The summed E-state index contributed by atoms with van der Waals surface area (Å²) in [7, 11) is 0. The van der Waals surface area contributed by atoms with E-state index in [0.29, 0.717) is 41.1 Å². The average Bonchev–Trinajstić information content (AvgIpc) is 2.69. The van der Waals surface area contributed by atoms with Crippen molar-refractivity contribution in [1.29, 1.82) is 0 Å². The van der Waals surface area contributed by atoms with Gasteiger partial charge in [-0.3, -0.25) is 0 Å². The van der Waals surface area contributed by atoms with E-state index < -0.39 is 36.0 Å². The molecule has 162 valence electrons. The number of hydrogen-bond acceptors (Lipinski definition) is 5. The second-order valence-electron chi connectivity index (χ2n) is 8.10. The molecule has 2 heterocycles. The molecule has 0 saturated carbocycles. The minimum atomic E-state index is -4.91. The molecule has 1 aromatic heterocycles. The number of nitrogens with one attached hydrogen (secondary N) is 1. The predicted octanol–water partition coefficient (Wildman–Crippen LogP) is 4.79. The number of benzene rings is 2. The first-order valence-electron chi connectivity index (χ1n) is 9.91. The van der Waals surface area contributed by atoms with Gasteiger partial charge in [0.1, 0.15) is 17.4 Å². The topological polar surface area (TPSA) is 67.3 Å².